The van der Waals surface area contributed by atoms with Crippen molar-refractivity contribution in [1.29, 1.82) is 0 Å². The molecule has 1 aromatic heterocycles. The van der Waals surface area contributed by atoms with Gasteiger partial charge in [-0.2, -0.15) is 0 Å². The van der Waals surface area contributed by atoms with Gasteiger partial charge in [0.15, 0.2) is 0 Å². The lowest BCUT2D eigenvalue weighted by Gasteiger charge is -2.28. The third-order valence-corrected chi connectivity index (χ3v) is 3.20. The Balaban J connectivity index is 2.23. The van der Waals surface area contributed by atoms with Gasteiger partial charge >= 0.3 is 5.97 Å². The molecule has 92 valence electrons. The Kier molecular flexibility index (Phi) is 3.38. The zero-order valence-electron chi connectivity index (χ0n) is 10.2. The van der Waals surface area contributed by atoms with Gasteiger partial charge < -0.3 is 10.0 Å². The molecule has 2 rings (SSSR count). The van der Waals surface area contributed by atoms with Gasteiger partial charge in [-0.15, -0.1) is 0 Å². The van der Waals surface area contributed by atoms with Crippen LogP contribution in [0.4, 0.5) is 0 Å². The first kappa shape index (κ1) is 12.0. The van der Waals surface area contributed by atoms with Crippen molar-refractivity contribution in [2.75, 3.05) is 20.1 Å². The first-order chi connectivity index (χ1) is 8.06. The summed E-state index contributed by atoms with van der Waals surface area (Å²) in [6.07, 6.45) is 2.07. The number of likely N-dealkylation sites (tertiary alicyclic amines) is 1. The van der Waals surface area contributed by atoms with Crippen LogP contribution in [-0.4, -0.2) is 46.1 Å². The number of rotatable bonds is 2. The maximum atomic E-state index is 10.9. The van der Waals surface area contributed by atoms with E-state index in [9.17, 15) is 4.79 Å². The van der Waals surface area contributed by atoms with Gasteiger partial charge in [-0.25, -0.2) is 14.8 Å². The average Bonchev–Trinajstić information content (AvgIpc) is 2.29. The maximum absolute atomic E-state index is 10.9. The topological polar surface area (TPSA) is 66.3 Å². The highest BCUT2D eigenvalue weighted by molar-refractivity contribution is 5.83. The fourth-order valence-electron chi connectivity index (χ4n) is 2.20. The molecule has 0 spiro atoms. The summed E-state index contributed by atoms with van der Waals surface area (Å²) in [5, 5.41) is 8.94. The predicted molar refractivity (Wildman–Crippen MR) is 63.2 cm³/mol. The second-order valence-corrected chi connectivity index (χ2v) is 4.64. The number of nitrogens with zero attached hydrogens (tertiary/aromatic N) is 3. The lowest BCUT2D eigenvalue weighted by molar-refractivity contribution is 0.0682. The highest BCUT2D eigenvalue weighted by Gasteiger charge is 2.21. The van der Waals surface area contributed by atoms with Gasteiger partial charge in [0.25, 0.3) is 0 Å². The molecule has 0 aromatic carbocycles. The molecule has 1 aromatic rings. The Bertz CT molecular complexity index is 426. The van der Waals surface area contributed by atoms with Gasteiger partial charge in [0.1, 0.15) is 0 Å². The van der Waals surface area contributed by atoms with Crippen molar-refractivity contribution in [3.63, 3.8) is 0 Å². The zero-order chi connectivity index (χ0) is 12.4. The Hall–Kier alpha value is -1.49. The molecule has 1 aliphatic heterocycles. The van der Waals surface area contributed by atoms with E-state index in [2.05, 4.69) is 21.9 Å². The molecule has 1 fully saturated rings. The number of piperidine rings is 1. The lowest BCUT2D eigenvalue weighted by atomic mass is 9.93. The molecule has 1 saturated heterocycles. The predicted octanol–water partition coefficient (Wildman–Crippen LogP) is 1.29. The number of aromatic carboxylic acids is 1. The van der Waals surface area contributed by atoms with Gasteiger partial charge in [-0.3, -0.25) is 0 Å². The van der Waals surface area contributed by atoms with E-state index in [0.29, 0.717) is 5.92 Å². The zero-order valence-corrected chi connectivity index (χ0v) is 10.2. The minimum atomic E-state index is -1.05. The Morgan fingerprint density at radius 2 is 2.06 bits per heavy atom. The Morgan fingerprint density at radius 3 is 2.65 bits per heavy atom. The van der Waals surface area contributed by atoms with E-state index < -0.39 is 5.97 Å². The highest BCUT2D eigenvalue weighted by atomic mass is 16.4. The molecule has 0 unspecified atom stereocenters. The number of carbonyl (C=O) groups is 1. The number of carboxylic acids is 1. The molecule has 2 heterocycles. The summed E-state index contributed by atoms with van der Waals surface area (Å²) < 4.78 is 0. The van der Waals surface area contributed by atoms with Crippen LogP contribution in [0.1, 0.15) is 40.8 Å². The van der Waals surface area contributed by atoms with Crippen LogP contribution in [0.5, 0.6) is 0 Å². The summed E-state index contributed by atoms with van der Waals surface area (Å²) in [6.45, 7) is 3.89. The van der Waals surface area contributed by atoms with Crippen LogP contribution >= 0.6 is 0 Å². The van der Waals surface area contributed by atoms with Gasteiger partial charge in [-0.1, -0.05) is 0 Å². The quantitative estimate of drug-likeness (QED) is 0.836. The summed E-state index contributed by atoms with van der Waals surface area (Å²) in [4.78, 5) is 21.3. The van der Waals surface area contributed by atoms with E-state index in [4.69, 9.17) is 5.11 Å². The minimum absolute atomic E-state index is 0.0843. The normalized spacial score (nSPS) is 18.2. The van der Waals surface area contributed by atoms with E-state index in [-0.39, 0.29) is 5.82 Å². The minimum Gasteiger partial charge on any atom is -0.475 e. The summed E-state index contributed by atoms with van der Waals surface area (Å²) in [6, 6.07) is 1.91. The number of carboxylic acid groups (broad SMARTS) is 1. The van der Waals surface area contributed by atoms with Crippen LogP contribution in [0.3, 0.4) is 0 Å². The van der Waals surface area contributed by atoms with Crippen molar-refractivity contribution in [2.45, 2.75) is 25.7 Å². The van der Waals surface area contributed by atoms with Gasteiger partial charge in [-0.05, 0) is 46.0 Å². The van der Waals surface area contributed by atoms with E-state index in [1.165, 1.54) is 0 Å². The van der Waals surface area contributed by atoms with Crippen molar-refractivity contribution in [3.05, 3.63) is 23.3 Å². The molecule has 0 atom stereocenters. The van der Waals surface area contributed by atoms with E-state index in [0.717, 1.165) is 37.3 Å². The summed E-state index contributed by atoms with van der Waals surface area (Å²) in [5.41, 5.74) is 1.61. The van der Waals surface area contributed by atoms with Gasteiger partial charge in [0.2, 0.25) is 5.82 Å². The molecule has 1 aliphatic rings. The molecule has 0 aliphatic carbocycles. The Morgan fingerprint density at radius 1 is 1.41 bits per heavy atom. The average molecular weight is 235 g/mol. The van der Waals surface area contributed by atoms with Crippen molar-refractivity contribution in [2.24, 2.45) is 0 Å². The lowest BCUT2D eigenvalue weighted by Crippen LogP contribution is -2.29. The summed E-state index contributed by atoms with van der Waals surface area (Å²) in [5.74, 6) is -0.771. The van der Waals surface area contributed by atoms with Crippen molar-refractivity contribution >= 4 is 5.97 Å². The number of aromatic nitrogens is 2. The number of hydrogen-bond donors (Lipinski definition) is 1. The Labute approximate surface area is 100 Å². The summed E-state index contributed by atoms with van der Waals surface area (Å²) >= 11 is 0. The van der Waals surface area contributed by atoms with Crippen LogP contribution in [0.2, 0.25) is 0 Å². The van der Waals surface area contributed by atoms with E-state index in [1.54, 1.807) is 0 Å². The van der Waals surface area contributed by atoms with Crippen molar-refractivity contribution in [3.8, 4) is 0 Å². The molecule has 0 saturated carbocycles. The second kappa shape index (κ2) is 4.79. The van der Waals surface area contributed by atoms with Crippen LogP contribution in [0.25, 0.3) is 0 Å². The number of aryl methyl sites for hydroxylation is 1. The summed E-state index contributed by atoms with van der Waals surface area (Å²) in [7, 11) is 2.10. The molecule has 5 heteroatoms. The van der Waals surface area contributed by atoms with Crippen LogP contribution in [-0.2, 0) is 0 Å². The van der Waals surface area contributed by atoms with Crippen molar-refractivity contribution in [1.82, 2.24) is 14.9 Å². The highest BCUT2D eigenvalue weighted by Crippen LogP contribution is 2.26. The SMILES string of the molecule is Cc1cc(C2CCN(C)CC2)nc(C(=O)O)n1. The molecule has 1 N–H and O–H groups in total. The van der Waals surface area contributed by atoms with Gasteiger partial charge in [0, 0.05) is 17.3 Å². The molecular weight excluding hydrogens is 218 g/mol. The molecule has 0 amide bonds. The monoisotopic (exact) mass is 235 g/mol. The first-order valence-corrected chi connectivity index (χ1v) is 5.83. The fourth-order valence-corrected chi connectivity index (χ4v) is 2.20. The second-order valence-electron chi connectivity index (χ2n) is 4.64. The maximum Gasteiger partial charge on any atom is 0.373 e. The molecule has 0 radical (unpaired) electrons. The van der Waals surface area contributed by atoms with Crippen molar-refractivity contribution < 1.29 is 9.90 Å². The molecule has 17 heavy (non-hydrogen) atoms. The van der Waals surface area contributed by atoms with Gasteiger partial charge in [0.05, 0.1) is 0 Å². The van der Waals surface area contributed by atoms with E-state index in [1.807, 2.05) is 13.0 Å². The van der Waals surface area contributed by atoms with Crippen LogP contribution < -0.4 is 0 Å². The molecule has 0 bridgehead atoms. The fraction of sp³-hybridized carbons (Fsp3) is 0.583. The third-order valence-electron chi connectivity index (χ3n) is 3.20. The molecule has 5 nitrogen and oxygen atoms in total. The number of hydrogen-bond acceptors (Lipinski definition) is 4. The van der Waals surface area contributed by atoms with Crippen LogP contribution in [0, 0.1) is 6.92 Å². The largest absolute Gasteiger partial charge is 0.475 e. The van der Waals surface area contributed by atoms with E-state index >= 15 is 0 Å². The first-order valence-electron chi connectivity index (χ1n) is 5.83. The standard InChI is InChI=1S/C12H17N3O2/c1-8-7-10(14-11(13-8)12(16)17)9-3-5-15(2)6-4-9/h7,9H,3-6H2,1-2H3,(H,16,17). The third kappa shape index (κ3) is 2.79. The smallest absolute Gasteiger partial charge is 0.373 e. The van der Waals surface area contributed by atoms with Crippen LogP contribution in [0.15, 0.2) is 6.07 Å². The molecular formula is C12H17N3O2.